The number of likely N-dealkylation sites (N-methyl/N-ethyl adjacent to an activating group) is 1. The van der Waals surface area contributed by atoms with E-state index in [9.17, 15) is 18.0 Å². The van der Waals surface area contributed by atoms with Crippen molar-refractivity contribution in [2.24, 2.45) is 0 Å². The molecular formula is C21H24ClN3O6S. The summed E-state index contributed by atoms with van der Waals surface area (Å²) in [6.45, 7) is 0.308. The summed E-state index contributed by atoms with van der Waals surface area (Å²) in [5, 5.41) is 0. The summed E-state index contributed by atoms with van der Waals surface area (Å²) in [7, 11) is -0.0697. The lowest BCUT2D eigenvalue weighted by atomic mass is 10.1. The third kappa shape index (κ3) is 4.73. The number of hydrogen-bond acceptors (Lipinski definition) is 7. The molecule has 1 atom stereocenters. The number of carbonyl (C=O) groups excluding carboxylic acids is 2. The van der Waals surface area contributed by atoms with Crippen LogP contribution in [0, 0.1) is 0 Å². The third-order valence-corrected chi connectivity index (χ3v) is 6.77. The van der Waals surface area contributed by atoms with E-state index in [1.165, 1.54) is 24.3 Å². The molecule has 1 saturated heterocycles. The largest absolute Gasteiger partial charge is 0.454 e. The van der Waals surface area contributed by atoms with Crippen molar-refractivity contribution in [2.45, 2.75) is 23.8 Å². The van der Waals surface area contributed by atoms with Gasteiger partial charge < -0.3 is 14.4 Å². The standard InChI is InChI=1S/C21H23N3O6S.ClH/c1-23(2)17(14-3-8-18-19(11-14)30-13-29-18)12-22-31(27,28)16-6-4-15(5-7-16)24-20(25)9-10-21(24)26;/h3-8,11,17,22H,9-10,12-13H2,1-2H3;1H. The fraction of sp³-hybridized carbons (Fsp3) is 0.333. The first-order chi connectivity index (χ1) is 14.8. The Kier molecular flexibility index (Phi) is 7.09. The monoisotopic (exact) mass is 481 g/mol. The molecule has 0 aliphatic carbocycles. The van der Waals surface area contributed by atoms with Gasteiger partial charge in [0.05, 0.1) is 10.6 Å². The number of imide groups is 1. The van der Waals surface area contributed by atoms with Crippen molar-refractivity contribution in [1.82, 2.24) is 9.62 Å². The van der Waals surface area contributed by atoms with Crippen LogP contribution in [0.25, 0.3) is 0 Å². The number of nitrogens with zero attached hydrogens (tertiary/aromatic N) is 2. The molecular weight excluding hydrogens is 458 g/mol. The van der Waals surface area contributed by atoms with Gasteiger partial charge in [-0.2, -0.15) is 0 Å². The highest BCUT2D eigenvalue weighted by molar-refractivity contribution is 7.89. The highest BCUT2D eigenvalue weighted by Crippen LogP contribution is 2.35. The van der Waals surface area contributed by atoms with Crippen LogP contribution in [0.1, 0.15) is 24.4 Å². The maximum absolute atomic E-state index is 12.8. The molecule has 0 bridgehead atoms. The highest BCUT2D eigenvalue weighted by atomic mass is 35.5. The quantitative estimate of drug-likeness (QED) is 0.603. The molecule has 0 radical (unpaired) electrons. The van der Waals surface area contributed by atoms with Crippen molar-refractivity contribution in [3.05, 3.63) is 48.0 Å². The first kappa shape index (κ1) is 24.0. The van der Waals surface area contributed by atoms with Gasteiger partial charge in [0.15, 0.2) is 11.5 Å². The molecule has 0 aromatic heterocycles. The zero-order chi connectivity index (χ0) is 22.2. The van der Waals surface area contributed by atoms with Gasteiger partial charge in [0.2, 0.25) is 28.6 Å². The van der Waals surface area contributed by atoms with E-state index >= 15 is 0 Å². The van der Waals surface area contributed by atoms with Crippen LogP contribution >= 0.6 is 12.4 Å². The minimum atomic E-state index is -3.80. The molecule has 9 nitrogen and oxygen atoms in total. The van der Waals surface area contributed by atoms with E-state index in [-0.39, 0.29) is 61.3 Å². The number of hydrogen-bond donors (Lipinski definition) is 1. The van der Waals surface area contributed by atoms with Crippen molar-refractivity contribution in [3.63, 3.8) is 0 Å². The van der Waals surface area contributed by atoms with Crippen LogP contribution in [-0.2, 0) is 19.6 Å². The Balaban J connectivity index is 0.00000289. The minimum absolute atomic E-state index is 0. The minimum Gasteiger partial charge on any atom is -0.454 e. The number of carbonyl (C=O) groups is 2. The van der Waals surface area contributed by atoms with Gasteiger partial charge in [-0.1, -0.05) is 6.07 Å². The lowest BCUT2D eigenvalue weighted by molar-refractivity contribution is -0.121. The average molecular weight is 482 g/mol. The van der Waals surface area contributed by atoms with Crippen LogP contribution in [0.2, 0.25) is 0 Å². The van der Waals surface area contributed by atoms with E-state index in [1.807, 2.05) is 37.2 Å². The molecule has 2 aromatic carbocycles. The van der Waals surface area contributed by atoms with Crippen molar-refractivity contribution in [3.8, 4) is 11.5 Å². The number of sulfonamides is 1. The first-order valence-electron chi connectivity index (χ1n) is 9.78. The van der Waals surface area contributed by atoms with Crippen LogP contribution in [0.4, 0.5) is 5.69 Å². The SMILES string of the molecule is CN(C)C(CNS(=O)(=O)c1ccc(N2C(=O)CCC2=O)cc1)c1ccc2c(c1)OCO2.Cl. The predicted octanol–water partition coefficient (Wildman–Crippen LogP) is 2.07. The molecule has 2 heterocycles. The van der Waals surface area contributed by atoms with Crippen LogP contribution in [0.5, 0.6) is 11.5 Å². The number of fused-ring (bicyclic) bond motifs is 1. The normalized spacial score (nSPS) is 16.4. The molecule has 11 heteroatoms. The zero-order valence-corrected chi connectivity index (χ0v) is 19.2. The van der Waals surface area contributed by atoms with E-state index in [2.05, 4.69) is 4.72 Å². The maximum Gasteiger partial charge on any atom is 0.240 e. The Bertz CT molecular complexity index is 1100. The van der Waals surface area contributed by atoms with E-state index < -0.39 is 10.0 Å². The van der Waals surface area contributed by atoms with Gasteiger partial charge in [-0.15, -0.1) is 12.4 Å². The Morgan fingerprint density at radius 1 is 1.00 bits per heavy atom. The smallest absolute Gasteiger partial charge is 0.240 e. The fourth-order valence-electron chi connectivity index (χ4n) is 3.63. The van der Waals surface area contributed by atoms with Crippen LogP contribution in [-0.4, -0.2) is 52.6 Å². The summed E-state index contributed by atoms with van der Waals surface area (Å²) in [6, 6.07) is 11.0. The first-order valence-corrected chi connectivity index (χ1v) is 11.3. The summed E-state index contributed by atoms with van der Waals surface area (Å²) >= 11 is 0. The average Bonchev–Trinajstić information content (AvgIpc) is 3.33. The number of nitrogens with one attached hydrogen (secondary N) is 1. The second kappa shape index (κ2) is 9.45. The van der Waals surface area contributed by atoms with E-state index in [0.29, 0.717) is 17.2 Å². The lowest BCUT2D eigenvalue weighted by Crippen LogP contribution is -2.34. The van der Waals surface area contributed by atoms with Crippen LogP contribution in [0.15, 0.2) is 47.4 Å². The molecule has 4 rings (SSSR count). The molecule has 2 aromatic rings. The van der Waals surface area contributed by atoms with Gasteiger partial charge in [0.1, 0.15) is 0 Å². The topological polar surface area (TPSA) is 105 Å². The second-order valence-electron chi connectivity index (χ2n) is 7.56. The number of halogens is 1. The van der Waals surface area contributed by atoms with Crippen LogP contribution in [0.3, 0.4) is 0 Å². The molecule has 172 valence electrons. The molecule has 2 amide bonds. The summed E-state index contributed by atoms with van der Waals surface area (Å²) in [4.78, 5) is 26.8. The van der Waals surface area contributed by atoms with Gasteiger partial charge in [-0.25, -0.2) is 13.1 Å². The van der Waals surface area contributed by atoms with Gasteiger partial charge in [-0.3, -0.25) is 14.5 Å². The number of rotatable bonds is 7. The number of amides is 2. The van der Waals surface area contributed by atoms with Crippen molar-refractivity contribution < 1.29 is 27.5 Å². The Morgan fingerprint density at radius 2 is 1.62 bits per heavy atom. The van der Waals surface area contributed by atoms with Crippen molar-refractivity contribution in [1.29, 1.82) is 0 Å². The number of anilines is 1. The lowest BCUT2D eigenvalue weighted by Gasteiger charge is -2.25. The summed E-state index contributed by atoms with van der Waals surface area (Å²) < 4.78 is 39.0. The Hall–Kier alpha value is -2.66. The molecule has 2 aliphatic heterocycles. The fourth-order valence-corrected chi connectivity index (χ4v) is 4.67. The van der Waals surface area contributed by atoms with E-state index in [1.54, 1.807) is 0 Å². The molecule has 1 unspecified atom stereocenters. The molecule has 2 aliphatic rings. The third-order valence-electron chi connectivity index (χ3n) is 5.33. The molecule has 1 fully saturated rings. The zero-order valence-electron chi connectivity index (χ0n) is 17.6. The molecule has 0 saturated carbocycles. The van der Waals surface area contributed by atoms with E-state index in [0.717, 1.165) is 10.5 Å². The van der Waals surface area contributed by atoms with Gasteiger partial charge in [0.25, 0.3) is 0 Å². The second-order valence-corrected chi connectivity index (χ2v) is 9.33. The van der Waals surface area contributed by atoms with Gasteiger partial charge in [-0.05, 0) is 56.1 Å². The van der Waals surface area contributed by atoms with Gasteiger partial charge >= 0.3 is 0 Å². The molecule has 32 heavy (non-hydrogen) atoms. The number of benzene rings is 2. The maximum atomic E-state index is 12.8. The highest BCUT2D eigenvalue weighted by Gasteiger charge is 2.30. The number of ether oxygens (including phenoxy) is 2. The van der Waals surface area contributed by atoms with Crippen molar-refractivity contribution >= 4 is 39.9 Å². The molecule has 0 spiro atoms. The predicted molar refractivity (Wildman–Crippen MR) is 120 cm³/mol. The van der Waals surface area contributed by atoms with Crippen molar-refractivity contribution in [2.75, 3.05) is 32.3 Å². The Morgan fingerprint density at radius 3 is 2.25 bits per heavy atom. The Labute approximate surface area is 192 Å². The van der Waals surface area contributed by atoms with E-state index in [4.69, 9.17) is 9.47 Å². The summed E-state index contributed by atoms with van der Waals surface area (Å²) in [5.41, 5.74) is 1.26. The summed E-state index contributed by atoms with van der Waals surface area (Å²) in [5.74, 6) is 0.735. The van der Waals surface area contributed by atoms with Gasteiger partial charge in [0, 0.05) is 25.4 Å². The summed E-state index contributed by atoms with van der Waals surface area (Å²) in [6.07, 6.45) is 0.346. The van der Waals surface area contributed by atoms with Crippen LogP contribution < -0.4 is 19.1 Å². The molecule has 1 N–H and O–H groups in total.